The van der Waals surface area contributed by atoms with Crippen LogP contribution >= 0.6 is 0 Å². The third kappa shape index (κ3) is 3.42. The van der Waals surface area contributed by atoms with Gasteiger partial charge in [-0.15, -0.1) is 0 Å². The SMILES string of the molecule is COC1CNC(C(=O)N(C)C(C)C(C)(C)C)C1. The van der Waals surface area contributed by atoms with Gasteiger partial charge in [-0.25, -0.2) is 0 Å². The van der Waals surface area contributed by atoms with Crippen LogP contribution in [-0.2, 0) is 9.53 Å². The minimum Gasteiger partial charge on any atom is -0.380 e. The van der Waals surface area contributed by atoms with Gasteiger partial charge >= 0.3 is 0 Å². The molecular formula is C13H26N2O2. The fourth-order valence-corrected chi connectivity index (χ4v) is 2.09. The molecule has 3 atom stereocenters. The summed E-state index contributed by atoms with van der Waals surface area (Å²) in [5, 5.41) is 3.23. The number of hydrogen-bond acceptors (Lipinski definition) is 3. The lowest BCUT2D eigenvalue weighted by Gasteiger charge is -2.36. The Morgan fingerprint density at radius 3 is 2.47 bits per heavy atom. The molecule has 0 saturated carbocycles. The minimum absolute atomic E-state index is 0.0882. The maximum absolute atomic E-state index is 12.3. The molecule has 17 heavy (non-hydrogen) atoms. The molecule has 1 aliphatic rings. The van der Waals surface area contributed by atoms with Gasteiger partial charge < -0.3 is 15.0 Å². The van der Waals surface area contributed by atoms with Gasteiger partial charge in [-0.2, -0.15) is 0 Å². The molecule has 100 valence electrons. The third-order valence-electron chi connectivity index (χ3n) is 3.90. The predicted molar refractivity (Wildman–Crippen MR) is 68.9 cm³/mol. The fraction of sp³-hybridized carbons (Fsp3) is 0.923. The van der Waals surface area contributed by atoms with Gasteiger partial charge in [-0.1, -0.05) is 20.8 Å². The number of methoxy groups -OCH3 is 1. The predicted octanol–water partition coefficient (Wildman–Crippen LogP) is 1.26. The van der Waals surface area contributed by atoms with E-state index in [1.54, 1.807) is 7.11 Å². The lowest BCUT2D eigenvalue weighted by molar-refractivity contribution is -0.135. The molecule has 3 unspecified atom stereocenters. The zero-order chi connectivity index (χ0) is 13.2. The van der Waals surface area contributed by atoms with Crippen molar-refractivity contribution in [1.82, 2.24) is 10.2 Å². The number of likely N-dealkylation sites (N-methyl/N-ethyl adjacent to an activating group) is 1. The molecule has 4 nitrogen and oxygen atoms in total. The van der Waals surface area contributed by atoms with Crippen LogP contribution in [0.1, 0.15) is 34.1 Å². The van der Waals surface area contributed by atoms with Crippen molar-refractivity contribution in [2.24, 2.45) is 5.41 Å². The van der Waals surface area contributed by atoms with Gasteiger partial charge in [0.05, 0.1) is 12.1 Å². The van der Waals surface area contributed by atoms with Crippen LogP contribution in [0.3, 0.4) is 0 Å². The van der Waals surface area contributed by atoms with E-state index < -0.39 is 0 Å². The first kappa shape index (κ1) is 14.5. The summed E-state index contributed by atoms with van der Waals surface area (Å²) in [4.78, 5) is 14.2. The van der Waals surface area contributed by atoms with Crippen LogP contribution in [0.15, 0.2) is 0 Å². The molecule has 0 bridgehead atoms. The lowest BCUT2D eigenvalue weighted by atomic mass is 9.87. The van der Waals surface area contributed by atoms with Gasteiger partial charge in [0.2, 0.25) is 5.91 Å². The first-order chi connectivity index (χ1) is 7.77. The molecule has 1 saturated heterocycles. The number of carbonyl (C=O) groups is 1. The molecule has 1 N–H and O–H groups in total. The van der Waals surface area contributed by atoms with Crippen molar-refractivity contribution in [2.45, 2.75) is 52.3 Å². The molecule has 1 rings (SSSR count). The first-order valence-electron chi connectivity index (χ1n) is 6.30. The quantitative estimate of drug-likeness (QED) is 0.810. The minimum atomic E-state index is -0.0882. The van der Waals surface area contributed by atoms with Crippen LogP contribution in [-0.4, -0.2) is 49.7 Å². The fourth-order valence-electron chi connectivity index (χ4n) is 2.09. The zero-order valence-electron chi connectivity index (χ0n) is 11.9. The number of nitrogens with zero attached hydrogens (tertiary/aromatic N) is 1. The van der Waals surface area contributed by atoms with Crippen molar-refractivity contribution in [2.75, 3.05) is 20.7 Å². The smallest absolute Gasteiger partial charge is 0.239 e. The Morgan fingerprint density at radius 2 is 2.06 bits per heavy atom. The Labute approximate surface area is 105 Å². The average molecular weight is 242 g/mol. The van der Waals surface area contributed by atoms with E-state index in [9.17, 15) is 4.79 Å². The maximum atomic E-state index is 12.3. The second-order valence-corrected chi connectivity index (χ2v) is 6.05. The van der Waals surface area contributed by atoms with Crippen LogP contribution in [0.2, 0.25) is 0 Å². The summed E-state index contributed by atoms with van der Waals surface area (Å²) in [5.74, 6) is 0.173. The van der Waals surface area contributed by atoms with Crippen LogP contribution in [0.25, 0.3) is 0 Å². The van der Waals surface area contributed by atoms with E-state index in [4.69, 9.17) is 4.74 Å². The summed E-state index contributed by atoms with van der Waals surface area (Å²) < 4.78 is 5.27. The molecular weight excluding hydrogens is 216 g/mol. The molecule has 0 aromatic rings. The van der Waals surface area contributed by atoms with Crippen molar-refractivity contribution in [3.8, 4) is 0 Å². The Hall–Kier alpha value is -0.610. The molecule has 1 heterocycles. The summed E-state index contributed by atoms with van der Waals surface area (Å²) >= 11 is 0. The van der Waals surface area contributed by atoms with E-state index in [2.05, 4.69) is 33.0 Å². The van der Waals surface area contributed by atoms with Crippen LogP contribution in [0.5, 0.6) is 0 Å². The molecule has 0 aromatic heterocycles. The van der Waals surface area contributed by atoms with E-state index in [0.717, 1.165) is 13.0 Å². The van der Waals surface area contributed by atoms with Crippen LogP contribution in [0.4, 0.5) is 0 Å². The molecule has 1 amide bonds. The molecule has 1 fully saturated rings. The highest BCUT2D eigenvalue weighted by Crippen LogP contribution is 2.24. The normalized spacial score (nSPS) is 26.9. The Balaban J connectivity index is 2.59. The van der Waals surface area contributed by atoms with E-state index in [1.807, 2.05) is 11.9 Å². The molecule has 1 aliphatic heterocycles. The van der Waals surface area contributed by atoms with E-state index >= 15 is 0 Å². The summed E-state index contributed by atoms with van der Waals surface area (Å²) in [6.45, 7) is 9.33. The molecule has 0 aliphatic carbocycles. The van der Waals surface area contributed by atoms with E-state index in [-0.39, 0.29) is 29.5 Å². The largest absolute Gasteiger partial charge is 0.380 e. The Kier molecular flexibility index (Phi) is 4.55. The number of ether oxygens (including phenoxy) is 1. The molecule has 0 spiro atoms. The van der Waals surface area contributed by atoms with Crippen molar-refractivity contribution in [3.63, 3.8) is 0 Å². The van der Waals surface area contributed by atoms with Crippen molar-refractivity contribution in [3.05, 3.63) is 0 Å². The number of rotatable bonds is 3. The highest BCUT2D eigenvalue weighted by atomic mass is 16.5. The van der Waals surface area contributed by atoms with E-state index in [1.165, 1.54) is 0 Å². The van der Waals surface area contributed by atoms with Crippen LogP contribution in [0, 0.1) is 5.41 Å². The lowest BCUT2D eigenvalue weighted by Crippen LogP contribution is -2.49. The van der Waals surface area contributed by atoms with Crippen molar-refractivity contribution >= 4 is 5.91 Å². The second kappa shape index (κ2) is 5.36. The van der Waals surface area contributed by atoms with Gasteiger partial charge in [0.1, 0.15) is 0 Å². The molecule has 0 radical (unpaired) electrons. The number of nitrogens with one attached hydrogen (secondary N) is 1. The standard InChI is InChI=1S/C13H26N2O2/c1-9(13(2,3)4)15(5)12(16)11-7-10(17-6)8-14-11/h9-11,14H,7-8H2,1-6H3. The monoisotopic (exact) mass is 242 g/mol. The number of hydrogen-bond donors (Lipinski definition) is 1. The maximum Gasteiger partial charge on any atom is 0.239 e. The van der Waals surface area contributed by atoms with Gasteiger partial charge in [0.15, 0.2) is 0 Å². The summed E-state index contributed by atoms with van der Waals surface area (Å²) in [5.41, 5.74) is 0.101. The summed E-state index contributed by atoms with van der Waals surface area (Å²) in [6, 6.07) is 0.133. The Morgan fingerprint density at radius 1 is 1.47 bits per heavy atom. The first-order valence-corrected chi connectivity index (χ1v) is 6.30. The van der Waals surface area contributed by atoms with Crippen molar-refractivity contribution in [1.29, 1.82) is 0 Å². The van der Waals surface area contributed by atoms with Crippen molar-refractivity contribution < 1.29 is 9.53 Å². The zero-order valence-corrected chi connectivity index (χ0v) is 11.9. The average Bonchev–Trinajstić information content (AvgIpc) is 2.73. The van der Waals surface area contributed by atoms with Gasteiger partial charge in [0.25, 0.3) is 0 Å². The number of carbonyl (C=O) groups excluding carboxylic acids is 1. The topological polar surface area (TPSA) is 41.6 Å². The molecule has 0 aromatic carbocycles. The number of amides is 1. The second-order valence-electron chi connectivity index (χ2n) is 6.05. The van der Waals surface area contributed by atoms with Gasteiger partial charge in [-0.05, 0) is 18.8 Å². The highest BCUT2D eigenvalue weighted by Gasteiger charge is 2.35. The molecule has 4 heteroatoms. The Bertz CT molecular complexity index is 273. The van der Waals surface area contributed by atoms with Crippen LogP contribution < -0.4 is 5.32 Å². The van der Waals surface area contributed by atoms with Gasteiger partial charge in [-0.3, -0.25) is 4.79 Å². The van der Waals surface area contributed by atoms with Gasteiger partial charge in [0, 0.05) is 26.7 Å². The third-order valence-corrected chi connectivity index (χ3v) is 3.90. The summed E-state index contributed by atoms with van der Waals surface area (Å²) in [6.07, 6.45) is 0.943. The van der Waals surface area contributed by atoms with E-state index in [0.29, 0.717) is 0 Å². The highest BCUT2D eigenvalue weighted by molar-refractivity contribution is 5.82. The summed E-state index contributed by atoms with van der Waals surface area (Å²) in [7, 11) is 3.58.